The van der Waals surface area contributed by atoms with Crippen LogP contribution in [0.5, 0.6) is 0 Å². The average Bonchev–Trinajstić information content (AvgIpc) is 2.47. The summed E-state index contributed by atoms with van der Waals surface area (Å²) in [6.45, 7) is 3.63. The third-order valence-corrected chi connectivity index (χ3v) is 12.8. The highest BCUT2D eigenvalue weighted by atomic mass is 79.9. The summed E-state index contributed by atoms with van der Waals surface area (Å²) in [5.74, 6) is 0. The van der Waals surface area contributed by atoms with Crippen LogP contribution in [0.2, 0.25) is 0 Å². The first kappa shape index (κ1) is 18.6. The van der Waals surface area contributed by atoms with E-state index in [1.807, 2.05) is 13.8 Å². The Hall–Kier alpha value is -0.700. The fourth-order valence-electron chi connectivity index (χ4n) is 1.85. The number of rotatable bonds is 4. The van der Waals surface area contributed by atoms with Crippen molar-refractivity contribution in [1.82, 2.24) is 0 Å². The van der Waals surface area contributed by atoms with E-state index in [2.05, 4.69) is 31.9 Å². The number of sulfone groups is 2. The van der Waals surface area contributed by atoms with Gasteiger partial charge in [0.05, 0.1) is 9.79 Å². The topological polar surface area (TPSA) is 68.3 Å². The third-order valence-electron chi connectivity index (χ3n) is 3.29. The van der Waals surface area contributed by atoms with Crippen molar-refractivity contribution >= 4 is 51.5 Å². The molecule has 0 aliphatic heterocycles. The van der Waals surface area contributed by atoms with Gasteiger partial charge < -0.3 is 0 Å². The molecule has 4 nitrogen and oxygen atoms in total. The molecule has 8 heteroatoms. The lowest BCUT2D eigenvalue weighted by Crippen LogP contribution is -2.34. The van der Waals surface area contributed by atoms with Gasteiger partial charge in [0.1, 0.15) is 0 Å². The lowest BCUT2D eigenvalue weighted by atomic mass is 10.2. The first-order chi connectivity index (χ1) is 10.5. The Kier molecular flexibility index (Phi) is 5.11. The third kappa shape index (κ3) is 3.26. The minimum Gasteiger partial charge on any atom is -0.220 e. The summed E-state index contributed by atoms with van der Waals surface area (Å²) in [5.41, 5.74) is 1.75. The highest BCUT2D eigenvalue weighted by Gasteiger charge is 2.52. The minimum atomic E-state index is -4.23. The normalized spacial score (nSPS) is 13.0. The molecule has 0 aliphatic rings. The highest BCUT2D eigenvalue weighted by Crippen LogP contribution is 2.45. The lowest BCUT2D eigenvalue weighted by Gasteiger charge is -2.21. The van der Waals surface area contributed by atoms with Crippen LogP contribution >= 0.6 is 31.9 Å². The van der Waals surface area contributed by atoms with Crippen molar-refractivity contribution < 1.29 is 16.8 Å². The van der Waals surface area contributed by atoms with Crippen LogP contribution in [0.25, 0.3) is 0 Å². The van der Waals surface area contributed by atoms with Crippen LogP contribution in [-0.2, 0) is 19.7 Å². The largest absolute Gasteiger partial charge is 0.289 e. The van der Waals surface area contributed by atoms with Crippen molar-refractivity contribution in [2.75, 3.05) is 0 Å². The molecule has 23 heavy (non-hydrogen) atoms. The molecule has 0 saturated heterocycles. The molecule has 0 saturated carbocycles. The fourth-order valence-corrected chi connectivity index (χ4v) is 7.37. The summed E-state index contributed by atoms with van der Waals surface area (Å²) in [6.07, 6.45) is 0. The molecular formula is C15H14Br2O4S2. The molecule has 0 heterocycles. The smallest absolute Gasteiger partial charge is 0.220 e. The summed E-state index contributed by atoms with van der Waals surface area (Å²) >= 11 is 5.75. The Morgan fingerprint density at radius 2 is 0.913 bits per heavy atom. The number of halogens is 2. The van der Waals surface area contributed by atoms with E-state index in [1.165, 1.54) is 24.3 Å². The summed E-state index contributed by atoms with van der Waals surface area (Å²) in [4.78, 5) is -0.180. The lowest BCUT2D eigenvalue weighted by molar-refractivity contribution is 0.584. The Morgan fingerprint density at radius 1 is 0.652 bits per heavy atom. The van der Waals surface area contributed by atoms with Gasteiger partial charge in [0.25, 0.3) is 1.90 Å². The van der Waals surface area contributed by atoms with E-state index in [0.29, 0.717) is 0 Å². The molecule has 2 aromatic rings. The number of aryl methyl sites for hydroxylation is 2. The minimum absolute atomic E-state index is 0.0902. The summed E-state index contributed by atoms with van der Waals surface area (Å²) in [5, 5.41) is 0. The molecule has 0 aliphatic carbocycles. The van der Waals surface area contributed by atoms with E-state index >= 15 is 0 Å². The molecule has 0 fully saturated rings. The molecule has 0 N–H and O–H groups in total. The van der Waals surface area contributed by atoms with Gasteiger partial charge in [0, 0.05) is 0 Å². The predicted molar refractivity (Wildman–Crippen MR) is 97.3 cm³/mol. The Labute approximate surface area is 153 Å². The zero-order valence-electron chi connectivity index (χ0n) is 12.3. The van der Waals surface area contributed by atoms with Crippen molar-refractivity contribution in [3.8, 4) is 0 Å². The second-order valence-corrected chi connectivity index (χ2v) is 15.1. The zero-order valence-corrected chi connectivity index (χ0v) is 17.1. The van der Waals surface area contributed by atoms with Gasteiger partial charge in [-0.05, 0) is 70.0 Å². The van der Waals surface area contributed by atoms with Crippen molar-refractivity contribution in [1.29, 1.82) is 0 Å². The second kappa shape index (κ2) is 6.31. The van der Waals surface area contributed by atoms with Crippen LogP contribution < -0.4 is 0 Å². The van der Waals surface area contributed by atoms with Crippen LogP contribution in [0, 0.1) is 13.8 Å². The van der Waals surface area contributed by atoms with Gasteiger partial charge >= 0.3 is 0 Å². The maximum atomic E-state index is 12.8. The Bertz CT molecular complexity index is 837. The van der Waals surface area contributed by atoms with E-state index in [9.17, 15) is 16.8 Å². The van der Waals surface area contributed by atoms with Crippen molar-refractivity contribution in [3.05, 3.63) is 59.7 Å². The van der Waals surface area contributed by atoms with E-state index < -0.39 is 21.6 Å². The summed E-state index contributed by atoms with van der Waals surface area (Å²) in [7, 11) is -8.45. The maximum absolute atomic E-state index is 12.8. The van der Waals surface area contributed by atoms with E-state index in [-0.39, 0.29) is 9.79 Å². The monoisotopic (exact) mass is 480 g/mol. The molecule has 2 aromatic carbocycles. The molecule has 0 bridgehead atoms. The van der Waals surface area contributed by atoms with Gasteiger partial charge in [0.15, 0.2) is 0 Å². The quantitative estimate of drug-likeness (QED) is 0.620. The van der Waals surface area contributed by atoms with Gasteiger partial charge in [-0.25, -0.2) is 16.8 Å². The van der Waals surface area contributed by atoms with Gasteiger partial charge in [-0.3, -0.25) is 0 Å². The Morgan fingerprint density at radius 3 is 1.17 bits per heavy atom. The molecule has 0 atom stereocenters. The second-order valence-electron chi connectivity index (χ2n) is 5.10. The van der Waals surface area contributed by atoms with E-state index in [1.54, 1.807) is 24.3 Å². The van der Waals surface area contributed by atoms with E-state index in [4.69, 9.17) is 0 Å². The van der Waals surface area contributed by atoms with Crippen LogP contribution in [0.3, 0.4) is 0 Å². The number of benzene rings is 2. The first-order valence-corrected chi connectivity index (χ1v) is 11.1. The van der Waals surface area contributed by atoms with Crippen molar-refractivity contribution in [2.45, 2.75) is 25.5 Å². The molecule has 2 rings (SSSR count). The van der Waals surface area contributed by atoms with Crippen LogP contribution in [0.4, 0.5) is 0 Å². The summed E-state index contributed by atoms with van der Waals surface area (Å²) in [6, 6.07) is 12.0. The van der Waals surface area contributed by atoms with Gasteiger partial charge in [-0.15, -0.1) is 0 Å². The maximum Gasteiger partial charge on any atom is 0.289 e. The van der Waals surface area contributed by atoms with E-state index in [0.717, 1.165) is 11.1 Å². The molecule has 0 radical (unpaired) electrons. The van der Waals surface area contributed by atoms with Crippen LogP contribution in [0.1, 0.15) is 11.1 Å². The van der Waals surface area contributed by atoms with Crippen molar-refractivity contribution in [2.24, 2.45) is 0 Å². The average molecular weight is 482 g/mol. The standard InChI is InChI=1S/C15H14Br2O4S2/c1-11-3-7-13(8-4-11)22(18,19)15(16,17)23(20,21)14-9-5-12(2)6-10-14/h3-10H,1-2H3. The summed E-state index contributed by atoms with van der Waals surface area (Å²) < 4.78 is 48.8. The number of hydrogen-bond acceptors (Lipinski definition) is 4. The molecular weight excluding hydrogens is 468 g/mol. The van der Waals surface area contributed by atoms with Crippen LogP contribution in [-0.4, -0.2) is 18.7 Å². The van der Waals surface area contributed by atoms with Crippen LogP contribution in [0.15, 0.2) is 58.3 Å². The molecule has 0 spiro atoms. The zero-order chi connectivity index (χ0) is 17.5. The van der Waals surface area contributed by atoms with Gasteiger partial charge in [-0.2, -0.15) is 0 Å². The molecule has 0 amide bonds. The highest BCUT2D eigenvalue weighted by molar-refractivity contribution is 9.30. The SMILES string of the molecule is Cc1ccc(S(=O)(=O)C(Br)(Br)S(=O)(=O)c2ccc(C)cc2)cc1. The molecule has 0 aromatic heterocycles. The van der Waals surface area contributed by atoms with Gasteiger partial charge in [-0.1, -0.05) is 35.4 Å². The molecule has 124 valence electrons. The number of hydrogen-bond donors (Lipinski definition) is 0. The Balaban J connectivity index is 2.59. The fraction of sp³-hybridized carbons (Fsp3) is 0.200. The molecule has 0 unspecified atom stereocenters. The van der Waals surface area contributed by atoms with Crippen molar-refractivity contribution in [3.63, 3.8) is 0 Å². The predicted octanol–water partition coefficient (Wildman–Crippen LogP) is 3.95. The number of alkyl halides is 2. The first-order valence-electron chi connectivity index (χ1n) is 6.50. The van der Waals surface area contributed by atoms with Gasteiger partial charge in [0.2, 0.25) is 19.7 Å².